The summed E-state index contributed by atoms with van der Waals surface area (Å²) in [6.07, 6.45) is 46.9. The molecule has 9 heteroatoms. The highest BCUT2D eigenvalue weighted by atomic mass is 31.2. The van der Waals surface area contributed by atoms with Gasteiger partial charge in [-0.2, -0.15) is 0 Å². The zero-order valence-corrected chi connectivity index (χ0v) is 34.4. The molecule has 0 heterocycles. The fourth-order valence-corrected chi connectivity index (χ4v) is 6.46. The van der Waals surface area contributed by atoms with Crippen molar-refractivity contribution in [3.63, 3.8) is 0 Å². The molecule has 0 aliphatic heterocycles. The van der Waals surface area contributed by atoms with Gasteiger partial charge < -0.3 is 20.1 Å². The second-order valence-electron chi connectivity index (χ2n) is 13.8. The lowest BCUT2D eigenvalue weighted by molar-refractivity contribution is -0.154. The molecule has 0 aromatic heterocycles. The van der Waals surface area contributed by atoms with Gasteiger partial charge in [0.1, 0.15) is 6.10 Å². The summed E-state index contributed by atoms with van der Waals surface area (Å²) < 4.78 is 33.4. The lowest BCUT2D eigenvalue weighted by Crippen LogP contribution is -2.28. The monoisotopic (exact) mass is 754 g/mol. The van der Waals surface area contributed by atoms with Gasteiger partial charge in [-0.1, -0.05) is 172 Å². The van der Waals surface area contributed by atoms with Crippen LogP contribution in [0.25, 0.3) is 0 Å². The largest absolute Gasteiger partial charge is 0.472 e. The molecule has 0 aromatic carbocycles. The maximum absolute atomic E-state index is 12.6. The molecule has 0 saturated heterocycles. The van der Waals surface area contributed by atoms with Crippen molar-refractivity contribution in [1.29, 1.82) is 0 Å². The molecule has 0 radical (unpaired) electrons. The second-order valence-corrected chi connectivity index (χ2v) is 15.3. The first-order valence-electron chi connectivity index (χ1n) is 21.1. The van der Waals surface area contributed by atoms with Crippen molar-refractivity contribution in [3.8, 4) is 0 Å². The van der Waals surface area contributed by atoms with Crippen LogP contribution in [0.4, 0.5) is 0 Å². The molecule has 52 heavy (non-hydrogen) atoms. The maximum atomic E-state index is 12.6. The Morgan fingerprint density at radius 1 is 0.596 bits per heavy atom. The smallest absolute Gasteiger partial charge is 0.457 e. The number of hydrogen-bond acceptors (Lipinski definition) is 7. The van der Waals surface area contributed by atoms with Crippen molar-refractivity contribution in [2.24, 2.45) is 5.73 Å². The van der Waals surface area contributed by atoms with Crippen LogP contribution in [0, 0.1) is 0 Å². The standard InChI is InChI=1S/C43H80NO7P/c1-3-5-7-9-11-13-15-17-18-19-20-21-22-23-24-25-26-28-30-32-34-36-43(45)51-42(41-50-52(46,47)49-39-37-44)40-48-38-35-33-31-29-27-16-14-12-10-8-6-4-2/h5,7,11,13,17-18,20-21,42H,3-4,6,8-10,12,14-16,19,22-41,44H2,1-2H3,(H,46,47)/b7-5-,13-11-,18-17-,21-20-. The maximum Gasteiger partial charge on any atom is 0.472 e. The quantitative estimate of drug-likeness (QED) is 0.0275. The Kier molecular flexibility index (Phi) is 39.4. The highest BCUT2D eigenvalue weighted by molar-refractivity contribution is 7.47. The van der Waals surface area contributed by atoms with Gasteiger partial charge in [0.2, 0.25) is 0 Å². The molecule has 0 aromatic rings. The minimum Gasteiger partial charge on any atom is -0.457 e. The number of hydrogen-bond donors (Lipinski definition) is 2. The van der Waals surface area contributed by atoms with Crippen LogP contribution >= 0.6 is 7.82 Å². The Hall–Kier alpha value is -1.54. The van der Waals surface area contributed by atoms with Gasteiger partial charge in [0, 0.05) is 19.6 Å². The molecule has 3 N–H and O–H groups in total. The van der Waals surface area contributed by atoms with E-state index in [1.807, 2.05) is 0 Å². The van der Waals surface area contributed by atoms with Crippen LogP contribution in [0.3, 0.4) is 0 Å². The molecule has 0 amide bonds. The number of esters is 1. The third kappa shape index (κ3) is 39.7. The first kappa shape index (κ1) is 50.5. The average molecular weight is 754 g/mol. The average Bonchev–Trinajstić information content (AvgIpc) is 3.13. The summed E-state index contributed by atoms with van der Waals surface area (Å²) in [5.41, 5.74) is 5.36. The lowest BCUT2D eigenvalue weighted by atomic mass is 10.1. The number of phosphoric acid groups is 1. The van der Waals surface area contributed by atoms with Crippen LogP contribution in [0.2, 0.25) is 0 Å². The molecule has 2 atom stereocenters. The van der Waals surface area contributed by atoms with E-state index in [4.69, 9.17) is 24.3 Å². The fraction of sp³-hybridized carbons (Fsp3) is 0.791. The second kappa shape index (κ2) is 40.6. The lowest BCUT2D eigenvalue weighted by Gasteiger charge is -2.20. The van der Waals surface area contributed by atoms with Gasteiger partial charge >= 0.3 is 13.8 Å². The normalized spacial score (nSPS) is 14.0. The molecule has 0 spiro atoms. The highest BCUT2D eigenvalue weighted by Gasteiger charge is 2.25. The number of nitrogens with two attached hydrogens (primary N) is 1. The molecule has 304 valence electrons. The molecule has 0 bridgehead atoms. The van der Waals surface area contributed by atoms with Crippen molar-refractivity contribution < 1.29 is 32.8 Å². The number of rotatable bonds is 40. The van der Waals surface area contributed by atoms with E-state index in [1.165, 1.54) is 96.3 Å². The third-order valence-electron chi connectivity index (χ3n) is 8.76. The van der Waals surface area contributed by atoms with E-state index in [9.17, 15) is 14.3 Å². The first-order chi connectivity index (χ1) is 25.4. The molecule has 0 saturated carbocycles. The summed E-state index contributed by atoms with van der Waals surface area (Å²) in [6.45, 7) is 4.80. The van der Waals surface area contributed by atoms with Crippen LogP contribution in [0.5, 0.6) is 0 Å². The van der Waals surface area contributed by atoms with Crippen molar-refractivity contribution >= 4 is 13.8 Å². The summed E-state index contributed by atoms with van der Waals surface area (Å²) in [4.78, 5) is 22.4. The van der Waals surface area contributed by atoms with Crippen molar-refractivity contribution in [1.82, 2.24) is 0 Å². The minimum atomic E-state index is -4.27. The topological polar surface area (TPSA) is 117 Å². The van der Waals surface area contributed by atoms with Crippen LogP contribution in [0.1, 0.15) is 181 Å². The number of unbranched alkanes of at least 4 members (excludes halogenated alkanes) is 19. The Bertz CT molecular complexity index is 936. The Balaban J connectivity index is 4.03. The van der Waals surface area contributed by atoms with E-state index in [2.05, 4.69) is 62.5 Å². The highest BCUT2D eigenvalue weighted by Crippen LogP contribution is 2.43. The van der Waals surface area contributed by atoms with Gasteiger partial charge in [0.15, 0.2) is 0 Å². The SMILES string of the molecule is CC/C=C\C/C=C\C/C=C\C/C=C\CCCCCCCCCCC(=O)OC(COCCCCCCCCCCCCCC)COP(=O)(O)OCCN. The van der Waals surface area contributed by atoms with Crippen LogP contribution < -0.4 is 5.73 Å². The molecular weight excluding hydrogens is 673 g/mol. The summed E-state index contributed by atoms with van der Waals surface area (Å²) >= 11 is 0. The third-order valence-corrected chi connectivity index (χ3v) is 9.74. The van der Waals surface area contributed by atoms with E-state index in [1.54, 1.807) is 0 Å². The number of allylic oxidation sites excluding steroid dienone is 8. The van der Waals surface area contributed by atoms with E-state index < -0.39 is 13.9 Å². The van der Waals surface area contributed by atoms with Gasteiger partial charge in [-0.25, -0.2) is 4.57 Å². The summed E-state index contributed by atoms with van der Waals surface area (Å²) in [5, 5.41) is 0. The van der Waals surface area contributed by atoms with Crippen molar-refractivity contribution in [2.75, 3.05) is 33.0 Å². The molecular formula is C43H80NO7P. The number of carbonyl (C=O) groups is 1. The summed E-state index contributed by atoms with van der Waals surface area (Å²) in [7, 11) is -4.27. The molecule has 0 aliphatic carbocycles. The zero-order valence-electron chi connectivity index (χ0n) is 33.5. The first-order valence-corrected chi connectivity index (χ1v) is 22.6. The molecule has 0 aliphatic rings. The molecule has 0 rings (SSSR count). The number of ether oxygens (including phenoxy) is 2. The minimum absolute atomic E-state index is 0.0975. The number of phosphoric ester groups is 1. The summed E-state index contributed by atoms with van der Waals surface area (Å²) in [6, 6.07) is 0. The van der Waals surface area contributed by atoms with Crippen LogP contribution in [-0.2, 0) is 27.9 Å². The van der Waals surface area contributed by atoms with Gasteiger partial charge in [-0.05, 0) is 51.4 Å². The van der Waals surface area contributed by atoms with Gasteiger partial charge in [0.25, 0.3) is 0 Å². The number of carbonyl (C=O) groups excluding carboxylic acids is 1. The molecule has 8 nitrogen and oxygen atoms in total. The Morgan fingerprint density at radius 3 is 1.62 bits per heavy atom. The summed E-state index contributed by atoms with van der Waals surface area (Å²) in [5.74, 6) is -0.339. The van der Waals surface area contributed by atoms with Crippen molar-refractivity contribution in [3.05, 3.63) is 48.6 Å². The molecule has 0 fully saturated rings. The van der Waals surface area contributed by atoms with Crippen LogP contribution in [0.15, 0.2) is 48.6 Å². The van der Waals surface area contributed by atoms with E-state index in [0.29, 0.717) is 13.0 Å². The van der Waals surface area contributed by atoms with Gasteiger partial charge in [-0.15, -0.1) is 0 Å². The Labute approximate surface area is 320 Å². The Morgan fingerprint density at radius 2 is 1.08 bits per heavy atom. The van der Waals surface area contributed by atoms with E-state index in [0.717, 1.165) is 64.2 Å². The predicted molar refractivity (Wildman–Crippen MR) is 219 cm³/mol. The van der Waals surface area contributed by atoms with E-state index >= 15 is 0 Å². The van der Waals surface area contributed by atoms with Gasteiger partial charge in [-0.3, -0.25) is 13.8 Å². The zero-order chi connectivity index (χ0) is 38.1. The van der Waals surface area contributed by atoms with E-state index in [-0.39, 0.29) is 32.3 Å². The van der Waals surface area contributed by atoms with Crippen molar-refractivity contribution in [2.45, 2.75) is 187 Å². The van der Waals surface area contributed by atoms with Gasteiger partial charge in [0.05, 0.1) is 19.8 Å². The molecule has 2 unspecified atom stereocenters. The fourth-order valence-electron chi connectivity index (χ4n) is 5.69. The predicted octanol–water partition coefficient (Wildman–Crippen LogP) is 12.4. The van der Waals surface area contributed by atoms with Crippen LogP contribution in [-0.4, -0.2) is 49.9 Å².